The van der Waals surface area contributed by atoms with Crippen molar-refractivity contribution in [3.8, 4) is 17.1 Å². The molecule has 0 atom stereocenters. The Morgan fingerprint density at radius 1 is 1.17 bits per heavy atom. The Balaban J connectivity index is 0.00000304. The lowest BCUT2D eigenvalue weighted by Crippen LogP contribution is -2.47. The van der Waals surface area contributed by atoms with Crippen molar-refractivity contribution in [3.63, 3.8) is 0 Å². The first kappa shape index (κ1) is 26.1. The molecule has 1 aliphatic heterocycles. The second-order valence-corrected chi connectivity index (χ2v) is 11.4. The number of fused-ring (bicyclic) bond motifs is 1. The number of aromatic amines is 1. The lowest BCUT2D eigenvalue weighted by molar-refractivity contribution is 0.0951. The summed E-state index contributed by atoms with van der Waals surface area (Å²) in [6.45, 7) is 2.65. The zero-order valence-electron chi connectivity index (χ0n) is 19.5. The van der Waals surface area contributed by atoms with Gasteiger partial charge in [0.25, 0.3) is 5.91 Å². The van der Waals surface area contributed by atoms with E-state index in [0.29, 0.717) is 60.4 Å². The summed E-state index contributed by atoms with van der Waals surface area (Å²) >= 11 is 1.57. The summed E-state index contributed by atoms with van der Waals surface area (Å²) in [5.41, 5.74) is 1.91. The monoisotopic (exact) mass is 547 g/mol. The second-order valence-electron chi connectivity index (χ2n) is 8.46. The van der Waals surface area contributed by atoms with Crippen LogP contribution >= 0.6 is 23.7 Å². The third kappa shape index (κ3) is 5.11. The Hall–Kier alpha value is -2.96. The number of aromatic nitrogens is 2. The second kappa shape index (κ2) is 10.6. The Morgan fingerprint density at radius 3 is 2.61 bits per heavy atom. The molecule has 0 radical (unpaired) electrons. The van der Waals surface area contributed by atoms with Crippen LogP contribution in [-0.2, 0) is 16.6 Å². The molecule has 36 heavy (non-hydrogen) atoms. The van der Waals surface area contributed by atoms with Crippen LogP contribution in [0.5, 0.6) is 5.88 Å². The smallest absolute Gasteiger partial charge is 0.251 e. The van der Waals surface area contributed by atoms with Crippen LogP contribution in [0.15, 0.2) is 58.9 Å². The van der Waals surface area contributed by atoms with Gasteiger partial charge in [-0.2, -0.15) is 4.31 Å². The number of nitrogens with one attached hydrogen (secondary N) is 2. The third-order valence-corrected chi connectivity index (χ3v) is 8.90. The Labute approximate surface area is 219 Å². The third-order valence-electron chi connectivity index (χ3n) is 6.14. The number of likely N-dealkylation sites (N-methyl/N-ethyl adjacent to an activating group) is 1. The molecule has 5 rings (SSSR count). The minimum Gasteiger partial charge on any atom is -0.494 e. The van der Waals surface area contributed by atoms with Gasteiger partial charge in [-0.15, -0.1) is 23.7 Å². The molecule has 9 nitrogen and oxygen atoms in total. The molecule has 12 heteroatoms. The minimum atomic E-state index is -3.64. The molecule has 4 aromatic rings. The highest BCUT2D eigenvalue weighted by Crippen LogP contribution is 2.36. The number of H-pyrrole nitrogens is 1. The number of sulfonamides is 1. The van der Waals surface area contributed by atoms with Crippen LogP contribution in [0.3, 0.4) is 0 Å². The first-order valence-electron chi connectivity index (χ1n) is 11.1. The molecule has 1 fully saturated rings. The van der Waals surface area contributed by atoms with E-state index in [1.165, 1.54) is 16.6 Å². The minimum absolute atomic E-state index is 0. The highest BCUT2D eigenvalue weighted by molar-refractivity contribution is 7.89. The number of nitrogens with zero attached hydrogens (tertiary/aromatic N) is 3. The van der Waals surface area contributed by atoms with Crippen LogP contribution in [0.4, 0.5) is 0 Å². The first-order valence-corrected chi connectivity index (χ1v) is 13.5. The number of benzene rings is 1. The molecule has 0 aliphatic carbocycles. The number of rotatable bonds is 6. The summed E-state index contributed by atoms with van der Waals surface area (Å²) < 4.78 is 27.5. The number of piperazine rings is 1. The maximum atomic E-state index is 13.0. The number of thiophene rings is 1. The van der Waals surface area contributed by atoms with Crippen LogP contribution in [0.2, 0.25) is 0 Å². The first-order chi connectivity index (χ1) is 16.8. The number of hydrogen-bond donors (Lipinski definition) is 3. The lowest BCUT2D eigenvalue weighted by atomic mass is 10.1. The van der Waals surface area contributed by atoms with Gasteiger partial charge in [0.15, 0.2) is 5.88 Å². The molecule has 1 aromatic carbocycles. The fraction of sp³-hybridized carbons (Fsp3) is 0.250. The van der Waals surface area contributed by atoms with Gasteiger partial charge in [-0.05, 0) is 48.8 Å². The molecule has 3 aromatic heterocycles. The number of hydrogen-bond acceptors (Lipinski definition) is 7. The number of amides is 1. The van der Waals surface area contributed by atoms with Gasteiger partial charge in [0.1, 0.15) is 4.90 Å². The van der Waals surface area contributed by atoms with Crippen molar-refractivity contribution in [1.82, 2.24) is 24.5 Å². The number of pyridine rings is 1. The summed E-state index contributed by atoms with van der Waals surface area (Å²) in [6.07, 6.45) is 1.32. The van der Waals surface area contributed by atoms with Gasteiger partial charge in [0.2, 0.25) is 10.0 Å². The average Bonchev–Trinajstić information content (AvgIpc) is 3.49. The van der Waals surface area contributed by atoms with Gasteiger partial charge < -0.3 is 20.3 Å². The number of aromatic hydroxyl groups is 1. The molecular weight excluding hydrogens is 522 g/mol. The number of halogens is 1. The molecule has 1 saturated heterocycles. The van der Waals surface area contributed by atoms with Gasteiger partial charge in [-0.3, -0.25) is 9.78 Å². The van der Waals surface area contributed by atoms with Crippen LogP contribution < -0.4 is 5.32 Å². The van der Waals surface area contributed by atoms with E-state index in [-0.39, 0.29) is 29.1 Å². The van der Waals surface area contributed by atoms with E-state index in [2.05, 4.69) is 20.2 Å². The fourth-order valence-electron chi connectivity index (χ4n) is 4.12. The van der Waals surface area contributed by atoms with Crippen molar-refractivity contribution in [2.24, 2.45) is 0 Å². The van der Waals surface area contributed by atoms with Gasteiger partial charge in [-0.25, -0.2) is 8.42 Å². The largest absolute Gasteiger partial charge is 0.494 e. The molecule has 1 aliphatic rings. The number of carbonyl (C=O) groups is 1. The van der Waals surface area contributed by atoms with E-state index in [9.17, 15) is 18.3 Å². The predicted molar refractivity (Wildman–Crippen MR) is 142 cm³/mol. The Morgan fingerprint density at radius 2 is 1.94 bits per heavy atom. The molecule has 0 unspecified atom stereocenters. The summed E-state index contributed by atoms with van der Waals surface area (Å²) in [7, 11) is -1.68. The van der Waals surface area contributed by atoms with E-state index < -0.39 is 10.0 Å². The van der Waals surface area contributed by atoms with Gasteiger partial charge in [0, 0.05) is 53.7 Å². The quantitative estimate of drug-likeness (QED) is 0.341. The molecular formula is C24H26ClN5O4S2. The van der Waals surface area contributed by atoms with Crippen LogP contribution in [-0.4, -0.2) is 71.8 Å². The summed E-state index contributed by atoms with van der Waals surface area (Å²) in [4.78, 5) is 23.2. The molecule has 0 bridgehead atoms. The van der Waals surface area contributed by atoms with E-state index in [1.807, 2.05) is 24.6 Å². The average molecular weight is 548 g/mol. The Bertz CT molecular complexity index is 1460. The van der Waals surface area contributed by atoms with Crippen molar-refractivity contribution in [2.75, 3.05) is 33.2 Å². The molecule has 3 N–H and O–H groups in total. The van der Waals surface area contributed by atoms with E-state index in [4.69, 9.17) is 0 Å². The van der Waals surface area contributed by atoms with Gasteiger partial charge in [0.05, 0.1) is 17.8 Å². The topological polar surface area (TPSA) is 119 Å². The van der Waals surface area contributed by atoms with Crippen molar-refractivity contribution >= 4 is 50.6 Å². The molecule has 0 spiro atoms. The zero-order valence-corrected chi connectivity index (χ0v) is 21.9. The summed E-state index contributed by atoms with van der Waals surface area (Å²) in [5, 5.41) is 16.1. The van der Waals surface area contributed by atoms with E-state index in [1.54, 1.807) is 35.6 Å². The number of carbonyl (C=O) groups excluding carboxylic acids is 1. The van der Waals surface area contributed by atoms with Crippen molar-refractivity contribution in [2.45, 2.75) is 11.4 Å². The SMILES string of the molecule is CN1CCN(S(=O)(=O)c2ccc(-c3c(O)[nH]c4ccc(C(=O)NCc5cccs5)cc34)nc2)CC1.Cl. The van der Waals surface area contributed by atoms with Crippen molar-refractivity contribution in [1.29, 1.82) is 0 Å². The summed E-state index contributed by atoms with van der Waals surface area (Å²) in [6, 6.07) is 12.1. The maximum absolute atomic E-state index is 13.0. The van der Waals surface area contributed by atoms with Crippen molar-refractivity contribution < 1.29 is 18.3 Å². The maximum Gasteiger partial charge on any atom is 0.251 e. The summed E-state index contributed by atoms with van der Waals surface area (Å²) in [5.74, 6) is -0.327. The Kier molecular flexibility index (Phi) is 7.67. The molecule has 4 heterocycles. The van der Waals surface area contributed by atoms with E-state index >= 15 is 0 Å². The van der Waals surface area contributed by atoms with Crippen LogP contribution in [0.25, 0.3) is 22.2 Å². The van der Waals surface area contributed by atoms with Crippen LogP contribution in [0.1, 0.15) is 15.2 Å². The zero-order chi connectivity index (χ0) is 24.6. The fourth-order valence-corrected chi connectivity index (χ4v) is 6.13. The molecule has 190 valence electrons. The van der Waals surface area contributed by atoms with Crippen molar-refractivity contribution in [3.05, 3.63) is 64.5 Å². The van der Waals surface area contributed by atoms with Gasteiger partial charge >= 0.3 is 0 Å². The molecule has 0 saturated carbocycles. The van der Waals surface area contributed by atoms with E-state index in [0.717, 1.165) is 4.88 Å². The predicted octanol–water partition coefficient (Wildman–Crippen LogP) is 3.28. The highest BCUT2D eigenvalue weighted by atomic mass is 35.5. The normalized spacial score (nSPS) is 15.0. The molecule has 1 amide bonds. The van der Waals surface area contributed by atoms with Crippen LogP contribution in [0, 0.1) is 0 Å². The standard InChI is InChI=1S/C24H25N5O4S2.ClH/c1-28-8-10-29(11-9-28)35(32,33)18-5-7-21(25-15-18)22-19-13-16(4-6-20(19)27-24(22)31)23(30)26-14-17-3-2-12-34-17;/h2-7,12-13,15,27,31H,8-11,14H2,1H3,(H,26,30);1H. The lowest BCUT2D eigenvalue weighted by Gasteiger charge is -2.31. The van der Waals surface area contributed by atoms with Gasteiger partial charge in [-0.1, -0.05) is 6.07 Å². The highest BCUT2D eigenvalue weighted by Gasteiger charge is 2.28.